The van der Waals surface area contributed by atoms with Gasteiger partial charge in [-0.05, 0) is 20.8 Å². The number of hydrogen-bond acceptors (Lipinski definition) is 4. The predicted octanol–water partition coefficient (Wildman–Crippen LogP) is 1.44. The first-order valence-electron chi connectivity index (χ1n) is 5.14. The molecule has 0 radical (unpaired) electrons. The minimum Gasteiger partial charge on any atom is -0.377 e. The molecule has 5 nitrogen and oxygen atoms in total. The summed E-state index contributed by atoms with van der Waals surface area (Å²) in [6, 6.07) is 2.15. The summed E-state index contributed by atoms with van der Waals surface area (Å²) in [5, 5.41) is 16.4. The fourth-order valence-electron chi connectivity index (χ4n) is 1.36. The Morgan fingerprint density at radius 3 is 2.69 bits per heavy atom. The Morgan fingerprint density at radius 2 is 2.19 bits per heavy atom. The van der Waals surface area contributed by atoms with Crippen LogP contribution in [-0.4, -0.2) is 29.0 Å². The maximum atomic E-state index is 9.02. The number of aryl methyl sites for hydroxylation is 2. The average Bonchev–Trinajstić information content (AvgIpc) is 2.50. The molecule has 5 heteroatoms. The van der Waals surface area contributed by atoms with Gasteiger partial charge in [0.25, 0.3) is 0 Å². The Kier molecular flexibility index (Phi) is 3.55. The van der Waals surface area contributed by atoms with E-state index in [2.05, 4.69) is 16.5 Å². The van der Waals surface area contributed by atoms with Gasteiger partial charge in [0, 0.05) is 20.7 Å². The van der Waals surface area contributed by atoms with E-state index < -0.39 is 0 Å². The van der Waals surface area contributed by atoms with E-state index in [9.17, 15) is 0 Å². The molecule has 0 aliphatic carbocycles. The molecule has 0 aliphatic heterocycles. The van der Waals surface area contributed by atoms with Crippen molar-refractivity contribution in [2.24, 2.45) is 7.05 Å². The molecule has 0 fully saturated rings. The SMILES string of the molecule is COC(C)(C)CNc1c(C#N)c(C)nn1C. The molecule has 88 valence electrons. The summed E-state index contributed by atoms with van der Waals surface area (Å²) < 4.78 is 6.98. The van der Waals surface area contributed by atoms with Crippen LogP contribution < -0.4 is 5.32 Å². The van der Waals surface area contributed by atoms with Gasteiger partial charge in [-0.15, -0.1) is 0 Å². The zero-order chi connectivity index (χ0) is 12.3. The summed E-state index contributed by atoms with van der Waals surface area (Å²) in [6.45, 7) is 6.41. The van der Waals surface area contributed by atoms with Crippen LogP contribution in [0.2, 0.25) is 0 Å². The highest BCUT2D eigenvalue weighted by Crippen LogP contribution is 2.18. The monoisotopic (exact) mass is 222 g/mol. The molecule has 0 bridgehead atoms. The van der Waals surface area contributed by atoms with E-state index >= 15 is 0 Å². The van der Waals surface area contributed by atoms with Gasteiger partial charge < -0.3 is 10.1 Å². The van der Waals surface area contributed by atoms with Gasteiger partial charge in [0.2, 0.25) is 0 Å². The molecule has 1 aromatic heterocycles. The molecular weight excluding hydrogens is 204 g/mol. The highest BCUT2D eigenvalue weighted by Gasteiger charge is 2.19. The fourth-order valence-corrected chi connectivity index (χ4v) is 1.36. The molecule has 0 atom stereocenters. The maximum absolute atomic E-state index is 9.02. The minimum atomic E-state index is -0.273. The van der Waals surface area contributed by atoms with E-state index in [0.29, 0.717) is 12.1 Å². The highest BCUT2D eigenvalue weighted by atomic mass is 16.5. The molecule has 0 aromatic carbocycles. The molecule has 1 aromatic rings. The number of methoxy groups -OCH3 is 1. The van der Waals surface area contributed by atoms with Crippen molar-refractivity contribution in [2.75, 3.05) is 19.0 Å². The first-order chi connectivity index (χ1) is 7.41. The topological polar surface area (TPSA) is 62.9 Å². The summed E-state index contributed by atoms with van der Waals surface area (Å²) >= 11 is 0. The van der Waals surface area contributed by atoms with Crippen LogP contribution in [0.4, 0.5) is 5.82 Å². The molecular formula is C11H18N4O. The van der Waals surface area contributed by atoms with E-state index in [0.717, 1.165) is 11.5 Å². The number of hydrogen-bond donors (Lipinski definition) is 1. The number of nitrogens with one attached hydrogen (secondary N) is 1. The summed E-state index contributed by atoms with van der Waals surface area (Å²) in [5.74, 6) is 0.741. The van der Waals surface area contributed by atoms with E-state index in [1.807, 2.05) is 27.8 Å². The molecule has 16 heavy (non-hydrogen) atoms. The van der Waals surface area contributed by atoms with Crippen LogP contribution in [-0.2, 0) is 11.8 Å². The Hall–Kier alpha value is -1.54. The second-order valence-electron chi connectivity index (χ2n) is 4.36. The third-order valence-electron chi connectivity index (χ3n) is 2.57. The molecule has 0 saturated carbocycles. The number of ether oxygens (including phenoxy) is 1. The van der Waals surface area contributed by atoms with Gasteiger partial charge in [0.15, 0.2) is 0 Å². The van der Waals surface area contributed by atoms with Crippen molar-refractivity contribution in [3.63, 3.8) is 0 Å². The lowest BCUT2D eigenvalue weighted by atomic mass is 10.1. The lowest BCUT2D eigenvalue weighted by molar-refractivity contribution is 0.0342. The van der Waals surface area contributed by atoms with Gasteiger partial charge >= 0.3 is 0 Å². The van der Waals surface area contributed by atoms with Gasteiger partial charge in [-0.2, -0.15) is 10.4 Å². The van der Waals surface area contributed by atoms with Gasteiger partial charge in [0.05, 0.1) is 11.3 Å². The van der Waals surface area contributed by atoms with Crippen LogP contribution in [0, 0.1) is 18.3 Å². The maximum Gasteiger partial charge on any atom is 0.142 e. The van der Waals surface area contributed by atoms with E-state index in [1.165, 1.54) is 0 Å². The van der Waals surface area contributed by atoms with Gasteiger partial charge in [0.1, 0.15) is 17.5 Å². The van der Waals surface area contributed by atoms with Crippen molar-refractivity contribution in [3.8, 4) is 6.07 Å². The number of anilines is 1. The van der Waals surface area contributed by atoms with Crippen molar-refractivity contribution in [2.45, 2.75) is 26.4 Å². The normalized spacial score (nSPS) is 11.2. The van der Waals surface area contributed by atoms with Crippen molar-refractivity contribution >= 4 is 5.82 Å². The van der Waals surface area contributed by atoms with Gasteiger partial charge in [-0.3, -0.25) is 4.68 Å². The van der Waals surface area contributed by atoms with E-state index in [1.54, 1.807) is 11.8 Å². The Bertz CT molecular complexity index is 414. The summed E-state index contributed by atoms with van der Waals surface area (Å²) in [4.78, 5) is 0. The van der Waals surface area contributed by atoms with Crippen molar-refractivity contribution in [1.29, 1.82) is 5.26 Å². The Balaban J connectivity index is 2.86. The van der Waals surface area contributed by atoms with E-state index in [4.69, 9.17) is 10.00 Å². The summed E-state index contributed by atoms with van der Waals surface area (Å²) in [6.07, 6.45) is 0. The molecule has 1 rings (SSSR count). The molecule has 0 aliphatic rings. The molecule has 1 heterocycles. The molecule has 0 amide bonds. The second-order valence-corrected chi connectivity index (χ2v) is 4.36. The van der Waals surface area contributed by atoms with Crippen LogP contribution in [0.15, 0.2) is 0 Å². The van der Waals surface area contributed by atoms with E-state index in [-0.39, 0.29) is 5.60 Å². The quantitative estimate of drug-likeness (QED) is 0.837. The van der Waals surface area contributed by atoms with Crippen molar-refractivity contribution < 1.29 is 4.74 Å². The van der Waals surface area contributed by atoms with Crippen LogP contribution in [0.25, 0.3) is 0 Å². The Morgan fingerprint density at radius 1 is 1.56 bits per heavy atom. The van der Waals surface area contributed by atoms with Crippen LogP contribution >= 0.6 is 0 Å². The lowest BCUT2D eigenvalue weighted by Crippen LogP contribution is -2.32. The molecule has 1 N–H and O–H groups in total. The first-order valence-corrected chi connectivity index (χ1v) is 5.14. The van der Waals surface area contributed by atoms with Gasteiger partial charge in [-0.1, -0.05) is 0 Å². The zero-order valence-corrected chi connectivity index (χ0v) is 10.5. The lowest BCUT2D eigenvalue weighted by Gasteiger charge is -2.23. The largest absolute Gasteiger partial charge is 0.377 e. The number of nitrogens with zero attached hydrogens (tertiary/aromatic N) is 3. The molecule has 0 unspecified atom stereocenters. The minimum absolute atomic E-state index is 0.273. The summed E-state index contributed by atoms with van der Waals surface area (Å²) in [5.41, 5.74) is 1.06. The number of nitriles is 1. The Labute approximate surface area is 96.0 Å². The molecule has 0 saturated heterocycles. The van der Waals surface area contributed by atoms with Crippen molar-refractivity contribution in [3.05, 3.63) is 11.3 Å². The van der Waals surface area contributed by atoms with Crippen molar-refractivity contribution in [1.82, 2.24) is 9.78 Å². The standard InChI is InChI=1S/C11H18N4O/c1-8-9(6-12)10(15(4)14-8)13-7-11(2,3)16-5/h13H,7H2,1-5H3. The zero-order valence-electron chi connectivity index (χ0n) is 10.5. The number of aromatic nitrogens is 2. The third-order valence-corrected chi connectivity index (χ3v) is 2.57. The van der Waals surface area contributed by atoms with Gasteiger partial charge in [-0.25, -0.2) is 0 Å². The van der Waals surface area contributed by atoms with Crippen LogP contribution in [0.3, 0.4) is 0 Å². The third kappa shape index (κ3) is 2.52. The molecule has 0 spiro atoms. The smallest absolute Gasteiger partial charge is 0.142 e. The number of rotatable bonds is 4. The summed E-state index contributed by atoms with van der Waals surface area (Å²) in [7, 11) is 3.48. The predicted molar refractivity (Wildman–Crippen MR) is 62.2 cm³/mol. The average molecular weight is 222 g/mol. The highest BCUT2D eigenvalue weighted by molar-refractivity contribution is 5.55. The van der Waals surface area contributed by atoms with Crippen LogP contribution in [0.5, 0.6) is 0 Å². The second kappa shape index (κ2) is 4.54. The van der Waals surface area contributed by atoms with Crippen LogP contribution in [0.1, 0.15) is 25.1 Å². The fraction of sp³-hybridized carbons (Fsp3) is 0.636. The first kappa shape index (κ1) is 12.5.